The van der Waals surface area contributed by atoms with E-state index in [4.69, 9.17) is 11.2 Å². The number of carbonyl (C=O) groups excluding carboxylic acids is 1. The Morgan fingerprint density at radius 1 is 1.57 bits per heavy atom. The van der Waals surface area contributed by atoms with Crippen LogP contribution in [0.25, 0.3) is 0 Å². The number of hydrogen-bond donors (Lipinski definition) is 1. The van der Waals surface area contributed by atoms with Crippen LogP contribution in [0.15, 0.2) is 0 Å². The van der Waals surface area contributed by atoms with Crippen LogP contribution in [0.2, 0.25) is 0 Å². The van der Waals surface area contributed by atoms with Gasteiger partial charge in [0.25, 0.3) is 0 Å². The van der Waals surface area contributed by atoms with Crippen LogP contribution in [0.5, 0.6) is 0 Å². The monoisotopic (exact) mass is 204 g/mol. The van der Waals surface area contributed by atoms with E-state index in [1.165, 1.54) is 0 Å². The Morgan fingerprint density at radius 2 is 2.14 bits per heavy atom. The van der Waals surface area contributed by atoms with Crippen LogP contribution in [0.1, 0.15) is 29.0 Å². The highest BCUT2D eigenvalue weighted by molar-refractivity contribution is 5.76. The fraction of sp³-hybridized carbons (Fsp3) is 0.778. The van der Waals surface area contributed by atoms with Crippen LogP contribution < -0.4 is 0 Å². The molecule has 82 valence electrons. The lowest BCUT2D eigenvalue weighted by molar-refractivity contribution is -0.138. The van der Waals surface area contributed by atoms with Crippen LogP contribution >= 0.6 is 0 Å². The Labute approximate surface area is 85.1 Å². The van der Waals surface area contributed by atoms with E-state index in [1.807, 2.05) is 0 Å². The van der Waals surface area contributed by atoms with Crippen molar-refractivity contribution in [2.24, 2.45) is 0 Å². The molecule has 0 saturated carbocycles. The van der Waals surface area contributed by atoms with Gasteiger partial charge in [-0.3, -0.25) is 9.69 Å². The van der Waals surface area contributed by atoms with Crippen molar-refractivity contribution in [3.8, 4) is 0 Å². The summed E-state index contributed by atoms with van der Waals surface area (Å²) in [5.74, 6) is -1.09. The van der Waals surface area contributed by atoms with Gasteiger partial charge in [-0.2, -0.15) is 0 Å². The first-order valence-electron chi connectivity index (χ1n) is 5.02. The molecule has 0 aromatic heterocycles. The van der Waals surface area contributed by atoms with E-state index in [-0.39, 0.29) is 20.0 Å². The molecule has 5 heteroatoms. The minimum atomic E-state index is -1.09. The number of rotatable bonds is 3. The van der Waals surface area contributed by atoms with Crippen molar-refractivity contribution in [2.45, 2.75) is 33.3 Å². The first-order chi connectivity index (χ1) is 6.82. The molecule has 0 aliphatic rings. The fourth-order valence-electron chi connectivity index (χ4n) is 0.770. The Bertz CT molecular complexity index is 242. The van der Waals surface area contributed by atoms with Crippen molar-refractivity contribution in [3.63, 3.8) is 0 Å². The predicted molar refractivity (Wildman–Crippen MR) is 51.1 cm³/mol. The highest BCUT2D eigenvalue weighted by Gasteiger charge is 2.22. The Morgan fingerprint density at radius 3 is 2.50 bits per heavy atom. The molecule has 0 radical (unpaired) electrons. The highest BCUT2D eigenvalue weighted by atomic mass is 16.6. The summed E-state index contributed by atoms with van der Waals surface area (Å²) in [4.78, 5) is 22.9. The zero-order valence-electron chi connectivity index (χ0n) is 9.74. The molecule has 0 bridgehead atoms. The largest absolute Gasteiger partial charge is 0.480 e. The van der Waals surface area contributed by atoms with Crippen LogP contribution in [-0.2, 0) is 9.53 Å². The van der Waals surface area contributed by atoms with Crippen molar-refractivity contribution in [1.29, 1.82) is 0 Å². The molecule has 0 aliphatic carbocycles. The molecule has 0 atom stereocenters. The summed E-state index contributed by atoms with van der Waals surface area (Å²) in [6.07, 6.45) is -0.697. The van der Waals surface area contributed by atoms with Gasteiger partial charge in [0.05, 0.1) is 0 Å². The van der Waals surface area contributed by atoms with Gasteiger partial charge in [-0.25, -0.2) is 4.79 Å². The van der Waals surface area contributed by atoms with Gasteiger partial charge in [0.2, 0.25) is 0 Å². The van der Waals surface area contributed by atoms with E-state index in [2.05, 4.69) is 0 Å². The summed E-state index contributed by atoms with van der Waals surface area (Å²) in [7, 11) is 0. The second-order valence-corrected chi connectivity index (χ2v) is 3.54. The molecule has 0 spiro atoms. The summed E-state index contributed by atoms with van der Waals surface area (Å²) in [6.45, 7) is 4.68. The highest BCUT2D eigenvalue weighted by Crippen LogP contribution is 2.09. The molecule has 0 fully saturated rings. The second-order valence-electron chi connectivity index (χ2n) is 3.54. The Kier molecular flexibility index (Phi) is 3.73. The number of amides is 1. The lowest BCUT2D eigenvalue weighted by Crippen LogP contribution is -2.39. The first-order valence-corrected chi connectivity index (χ1v) is 4.31. The molecule has 0 rings (SSSR count). The number of carboxylic acid groups (broad SMARTS) is 1. The van der Waals surface area contributed by atoms with E-state index < -0.39 is 17.7 Å². The van der Waals surface area contributed by atoms with Crippen molar-refractivity contribution in [1.82, 2.24) is 4.90 Å². The quantitative estimate of drug-likeness (QED) is 0.753. The number of hydrogen-bond acceptors (Lipinski definition) is 3. The molecule has 1 N–H and O–H groups in total. The van der Waals surface area contributed by atoms with Crippen molar-refractivity contribution in [2.75, 3.05) is 13.1 Å². The maximum absolute atomic E-state index is 11.4. The molecular weight excluding hydrogens is 186 g/mol. The molecule has 5 nitrogen and oxygen atoms in total. The molecule has 0 unspecified atom stereocenters. The minimum absolute atomic E-state index is 0.0661. The third-order valence-electron chi connectivity index (χ3n) is 1.33. The average Bonchev–Trinajstić information content (AvgIpc) is 2.13. The average molecular weight is 204 g/mol. The van der Waals surface area contributed by atoms with E-state index in [1.54, 1.807) is 20.8 Å². The maximum Gasteiger partial charge on any atom is 0.410 e. The first kappa shape index (κ1) is 10.8. The number of carbonyl (C=O) groups is 2. The van der Waals surface area contributed by atoms with Crippen molar-refractivity contribution < 1.29 is 20.8 Å². The number of ether oxygens (including phenoxy) is 1. The molecule has 0 heterocycles. The third kappa shape index (κ3) is 5.40. The predicted octanol–water partition coefficient (Wildman–Crippen LogP) is 1.33. The third-order valence-corrected chi connectivity index (χ3v) is 1.33. The summed E-state index contributed by atoms with van der Waals surface area (Å²) < 4.78 is 12.1. The molecule has 14 heavy (non-hydrogen) atoms. The summed E-state index contributed by atoms with van der Waals surface area (Å²) in [5.41, 5.74) is -0.886. The number of likely N-dealkylation sites (N-methyl/N-ethyl adjacent to an activating group) is 1. The van der Waals surface area contributed by atoms with E-state index in [9.17, 15) is 9.59 Å². The van der Waals surface area contributed by atoms with Crippen LogP contribution in [0, 0.1) is 0 Å². The van der Waals surface area contributed by atoms with Gasteiger partial charge in [0.1, 0.15) is 12.1 Å². The van der Waals surface area contributed by atoms with E-state index in [0.717, 1.165) is 4.90 Å². The Balaban J connectivity index is 4.34. The molecule has 0 aromatic carbocycles. The Hall–Kier alpha value is -1.26. The number of aliphatic carboxylic acids is 1. The lowest BCUT2D eigenvalue weighted by Gasteiger charge is -2.25. The standard InChI is InChI=1S/C9H17NO4/c1-5-10(6-7(11)12)8(13)14-9(2,3)4/h5-6H2,1-4H3,(H,11,12)/i2D. The minimum Gasteiger partial charge on any atom is -0.480 e. The van der Waals surface area contributed by atoms with E-state index in [0.29, 0.717) is 0 Å². The number of carboxylic acids is 1. The van der Waals surface area contributed by atoms with Crippen molar-refractivity contribution in [3.05, 3.63) is 0 Å². The molecule has 0 aromatic rings. The van der Waals surface area contributed by atoms with Crippen LogP contribution in [-0.4, -0.2) is 40.8 Å². The fourth-order valence-corrected chi connectivity index (χ4v) is 0.770. The van der Waals surface area contributed by atoms with Gasteiger partial charge in [0, 0.05) is 7.92 Å². The van der Waals surface area contributed by atoms with Crippen molar-refractivity contribution >= 4 is 12.1 Å². The smallest absolute Gasteiger partial charge is 0.410 e. The summed E-state index contributed by atoms with van der Waals surface area (Å²) in [6, 6.07) is 0. The topological polar surface area (TPSA) is 66.8 Å². The van der Waals surface area contributed by atoms with Crippen LogP contribution in [0.4, 0.5) is 4.79 Å². The molecular formula is C9H17NO4. The van der Waals surface area contributed by atoms with E-state index >= 15 is 0 Å². The van der Waals surface area contributed by atoms with Gasteiger partial charge in [0.15, 0.2) is 0 Å². The van der Waals surface area contributed by atoms with Crippen LogP contribution in [0.3, 0.4) is 0 Å². The van der Waals surface area contributed by atoms with Gasteiger partial charge in [-0.15, -0.1) is 0 Å². The second kappa shape index (κ2) is 4.83. The summed E-state index contributed by atoms with van der Waals surface area (Å²) in [5, 5.41) is 8.53. The molecule has 0 aliphatic heterocycles. The zero-order valence-corrected chi connectivity index (χ0v) is 8.74. The lowest BCUT2D eigenvalue weighted by atomic mass is 10.2. The molecule has 1 amide bonds. The van der Waals surface area contributed by atoms with Gasteiger partial charge >= 0.3 is 12.1 Å². The maximum atomic E-state index is 11.4. The normalized spacial score (nSPS) is 11.8. The summed E-state index contributed by atoms with van der Waals surface area (Å²) >= 11 is 0. The van der Waals surface area contributed by atoms with Gasteiger partial charge in [-0.1, -0.05) is 0 Å². The zero-order chi connectivity index (χ0) is 12.1. The van der Waals surface area contributed by atoms with Gasteiger partial charge < -0.3 is 9.84 Å². The molecule has 0 saturated heterocycles. The van der Waals surface area contributed by atoms with Gasteiger partial charge in [-0.05, 0) is 27.7 Å². The number of nitrogens with zero attached hydrogens (tertiary/aromatic N) is 1. The SMILES string of the molecule is [2H]CC(C)(C)OC(=O)N(CC)CC(=O)O.